The highest BCUT2D eigenvalue weighted by atomic mass is 79.9. The summed E-state index contributed by atoms with van der Waals surface area (Å²) in [7, 11) is 0. The van der Waals surface area contributed by atoms with Gasteiger partial charge in [0, 0.05) is 16.9 Å². The second-order valence-corrected chi connectivity index (χ2v) is 4.16. The number of hydrogen-bond acceptors (Lipinski definition) is 2. The summed E-state index contributed by atoms with van der Waals surface area (Å²) in [6.07, 6.45) is 2.33. The van der Waals surface area contributed by atoms with Crippen molar-refractivity contribution < 1.29 is 8.78 Å². The molecule has 0 saturated carbocycles. The van der Waals surface area contributed by atoms with Crippen molar-refractivity contribution in [2.24, 2.45) is 0 Å². The van der Waals surface area contributed by atoms with Crippen LogP contribution in [0.4, 0.5) is 8.78 Å². The van der Waals surface area contributed by atoms with Gasteiger partial charge in [-0.1, -0.05) is 15.9 Å². The summed E-state index contributed by atoms with van der Waals surface area (Å²) in [5, 5.41) is 2.88. The van der Waals surface area contributed by atoms with Gasteiger partial charge in [0.1, 0.15) is 11.9 Å². The van der Waals surface area contributed by atoms with Gasteiger partial charge in [0.25, 0.3) is 6.43 Å². The van der Waals surface area contributed by atoms with Crippen LogP contribution in [0.5, 0.6) is 0 Å². The predicted octanol–water partition coefficient (Wildman–Crippen LogP) is 2.52. The van der Waals surface area contributed by atoms with Crippen LogP contribution in [-0.2, 0) is 0 Å². The normalized spacial score (nSPS) is 25.4. The topological polar surface area (TPSA) is 15.3 Å². The third kappa shape index (κ3) is 1.45. The molecule has 1 N–H and O–H groups in total. The zero-order chi connectivity index (χ0) is 10.3. The van der Waals surface area contributed by atoms with Gasteiger partial charge in [0.15, 0.2) is 0 Å². The third-order valence-corrected chi connectivity index (χ3v) is 2.82. The standard InChI is InChI=1S/C9H9BrF2N2/c1-5-2-6(10)9-13-3-7(8(11)12)14(9)4-5/h2-4,8-9,13H,1H3. The van der Waals surface area contributed by atoms with Gasteiger partial charge in [-0.3, -0.25) is 0 Å². The maximum Gasteiger partial charge on any atom is 0.279 e. The van der Waals surface area contributed by atoms with E-state index in [9.17, 15) is 8.78 Å². The van der Waals surface area contributed by atoms with Crippen LogP contribution in [0.25, 0.3) is 0 Å². The smallest absolute Gasteiger partial charge is 0.279 e. The number of fused-ring (bicyclic) bond motifs is 1. The number of nitrogens with one attached hydrogen (secondary N) is 1. The lowest BCUT2D eigenvalue weighted by molar-refractivity contribution is 0.153. The fraction of sp³-hybridized carbons (Fsp3) is 0.333. The molecule has 2 aliphatic heterocycles. The van der Waals surface area contributed by atoms with Crippen molar-refractivity contribution in [1.82, 2.24) is 10.2 Å². The minimum Gasteiger partial charge on any atom is -0.365 e. The Morgan fingerprint density at radius 2 is 2.29 bits per heavy atom. The van der Waals surface area contributed by atoms with Crippen LogP contribution in [0, 0.1) is 0 Å². The van der Waals surface area contributed by atoms with Crippen molar-refractivity contribution in [1.29, 1.82) is 0 Å². The van der Waals surface area contributed by atoms with Gasteiger partial charge in [-0.2, -0.15) is 0 Å². The van der Waals surface area contributed by atoms with E-state index in [1.165, 1.54) is 6.20 Å². The molecule has 1 atom stereocenters. The summed E-state index contributed by atoms with van der Waals surface area (Å²) in [6, 6.07) is 0. The maximum absolute atomic E-state index is 12.6. The molecule has 0 fully saturated rings. The lowest BCUT2D eigenvalue weighted by Crippen LogP contribution is -2.36. The summed E-state index contributed by atoms with van der Waals surface area (Å²) < 4.78 is 26.0. The highest BCUT2D eigenvalue weighted by Gasteiger charge is 2.32. The van der Waals surface area contributed by atoms with Crippen molar-refractivity contribution in [2.45, 2.75) is 19.5 Å². The van der Waals surface area contributed by atoms with Crippen LogP contribution >= 0.6 is 15.9 Å². The summed E-state index contributed by atoms with van der Waals surface area (Å²) >= 11 is 3.35. The second kappa shape index (κ2) is 3.38. The van der Waals surface area contributed by atoms with Crippen LogP contribution in [0.2, 0.25) is 0 Å². The van der Waals surface area contributed by atoms with Gasteiger partial charge in [-0.15, -0.1) is 0 Å². The number of halogens is 3. The summed E-state index contributed by atoms with van der Waals surface area (Å²) in [5.74, 6) is 0. The van der Waals surface area contributed by atoms with E-state index < -0.39 is 6.43 Å². The number of rotatable bonds is 1. The summed E-state index contributed by atoms with van der Waals surface area (Å²) in [4.78, 5) is 1.55. The van der Waals surface area contributed by atoms with Gasteiger partial charge in [-0.25, -0.2) is 8.78 Å². The Morgan fingerprint density at radius 3 is 2.93 bits per heavy atom. The SMILES string of the molecule is CC1=CN2C(C(F)F)=CNC2C(Br)=C1. The zero-order valence-electron chi connectivity index (χ0n) is 7.47. The number of allylic oxidation sites excluding steroid dienone is 3. The van der Waals surface area contributed by atoms with Crippen molar-refractivity contribution in [3.63, 3.8) is 0 Å². The van der Waals surface area contributed by atoms with Crippen LogP contribution in [0.15, 0.2) is 34.2 Å². The highest BCUT2D eigenvalue weighted by molar-refractivity contribution is 9.11. The Bertz CT molecular complexity index is 347. The molecule has 2 rings (SSSR count). The minimum absolute atomic E-state index is 0.0133. The van der Waals surface area contributed by atoms with E-state index in [0.29, 0.717) is 0 Å². The molecular formula is C9H9BrF2N2. The molecule has 0 bridgehead atoms. The van der Waals surface area contributed by atoms with Gasteiger partial charge < -0.3 is 10.2 Å². The largest absolute Gasteiger partial charge is 0.365 e. The average molecular weight is 263 g/mol. The van der Waals surface area contributed by atoms with E-state index in [1.54, 1.807) is 11.1 Å². The van der Waals surface area contributed by atoms with Crippen LogP contribution in [0.1, 0.15) is 6.92 Å². The van der Waals surface area contributed by atoms with Crippen LogP contribution in [0.3, 0.4) is 0 Å². The summed E-state index contributed by atoms with van der Waals surface area (Å²) in [6.45, 7) is 1.87. The molecule has 1 unspecified atom stereocenters. The predicted molar refractivity (Wildman–Crippen MR) is 53.6 cm³/mol. The van der Waals surface area contributed by atoms with E-state index in [1.807, 2.05) is 13.0 Å². The first kappa shape index (κ1) is 9.71. The lowest BCUT2D eigenvalue weighted by Gasteiger charge is -2.29. The fourth-order valence-corrected chi connectivity index (χ4v) is 2.27. The van der Waals surface area contributed by atoms with Crippen molar-refractivity contribution >= 4 is 15.9 Å². The first-order valence-electron chi connectivity index (χ1n) is 4.17. The molecular weight excluding hydrogens is 254 g/mol. The Balaban J connectivity index is 2.30. The van der Waals surface area contributed by atoms with E-state index in [-0.39, 0.29) is 11.9 Å². The van der Waals surface area contributed by atoms with Crippen molar-refractivity contribution in [3.8, 4) is 0 Å². The van der Waals surface area contributed by atoms with Gasteiger partial charge >= 0.3 is 0 Å². The zero-order valence-corrected chi connectivity index (χ0v) is 9.05. The molecule has 76 valence electrons. The van der Waals surface area contributed by atoms with E-state index in [4.69, 9.17) is 0 Å². The van der Waals surface area contributed by atoms with E-state index in [0.717, 1.165) is 10.1 Å². The molecule has 0 aliphatic carbocycles. The van der Waals surface area contributed by atoms with E-state index >= 15 is 0 Å². The molecule has 2 nitrogen and oxygen atoms in total. The minimum atomic E-state index is -2.45. The molecule has 0 saturated heterocycles. The Hall–Kier alpha value is -0.840. The van der Waals surface area contributed by atoms with Crippen LogP contribution < -0.4 is 5.32 Å². The number of nitrogens with zero attached hydrogens (tertiary/aromatic N) is 1. The molecule has 0 aromatic heterocycles. The molecule has 2 heterocycles. The molecule has 0 spiro atoms. The molecule has 5 heteroatoms. The number of alkyl halides is 2. The third-order valence-electron chi connectivity index (χ3n) is 2.16. The Morgan fingerprint density at radius 1 is 1.57 bits per heavy atom. The average Bonchev–Trinajstić information content (AvgIpc) is 2.47. The quantitative estimate of drug-likeness (QED) is 0.782. The first-order valence-corrected chi connectivity index (χ1v) is 4.97. The van der Waals surface area contributed by atoms with Crippen molar-refractivity contribution in [2.75, 3.05) is 0 Å². The molecule has 0 radical (unpaired) electrons. The molecule has 14 heavy (non-hydrogen) atoms. The van der Waals surface area contributed by atoms with Crippen LogP contribution in [-0.4, -0.2) is 17.5 Å². The summed E-state index contributed by atoms with van der Waals surface area (Å²) in [5.41, 5.74) is 0.961. The lowest BCUT2D eigenvalue weighted by atomic mass is 10.2. The van der Waals surface area contributed by atoms with Gasteiger partial charge in [-0.05, 0) is 18.6 Å². The molecule has 2 aliphatic rings. The molecule has 0 amide bonds. The second-order valence-electron chi connectivity index (χ2n) is 3.25. The first-order chi connectivity index (χ1) is 6.59. The maximum atomic E-state index is 12.6. The highest BCUT2D eigenvalue weighted by Crippen LogP contribution is 2.31. The van der Waals surface area contributed by atoms with Gasteiger partial charge in [0.2, 0.25) is 0 Å². The van der Waals surface area contributed by atoms with Crippen molar-refractivity contribution in [3.05, 3.63) is 34.2 Å². The van der Waals surface area contributed by atoms with E-state index in [2.05, 4.69) is 21.2 Å². The monoisotopic (exact) mass is 262 g/mol. The molecule has 0 aromatic rings. The molecule has 0 aromatic carbocycles. The Labute approximate surface area is 89.1 Å². The Kier molecular flexibility index (Phi) is 2.34. The number of hydrogen-bond donors (Lipinski definition) is 1. The fourth-order valence-electron chi connectivity index (χ4n) is 1.56. The van der Waals surface area contributed by atoms with Gasteiger partial charge in [0.05, 0.1) is 0 Å².